The molecule has 0 saturated carbocycles. The number of hydrogen-bond acceptors (Lipinski definition) is 7. The van der Waals surface area contributed by atoms with Gasteiger partial charge in [-0.2, -0.15) is 8.42 Å². The van der Waals surface area contributed by atoms with Crippen molar-refractivity contribution in [3.05, 3.63) is 89.0 Å². The zero-order chi connectivity index (χ0) is 25.0. The molecule has 3 aromatic rings. The van der Waals surface area contributed by atoms with Gasteiger partial charge in [0.1, 0.15) is 16.2 Å². The summed E-state index contributed by atoms with van der Waals surface area (Å²) in [6, 6.07) is 18.0. The Hall–Kier alpha value is -3.85. The minimum absolute atomic E-state index is 0.0109. The van der Waals surface area contributed by atoms with E-state index in [0.717, 1.165) is 11.1 Å². The van der Waals surface area contributed by atoms with E-state index in [1.54, 1.807) is 38.1 Å². The highest BCUT2D eigenvalue weighted by atomic mass is 32.2. The van der Waals surface area contributed by atoms with Crippen LogP contribution in [0.25, 0.3) is 0 Å². The van der Waals surface area contributed by atoms with Crippen molar-refractivity contribution in [1.82, 2.24) is 5.32 Å². The van der Waals surface area contributed by atoms with Crippen LogP contribution in [0, 0.1) is 13.8 Å². The van der Waals surface area contributed by atoms with Crippen LogP contribution in [-0.4, -0.2) is 33.5 Å². The van der Waals surface area contributed by atoms with Gasteiger partial charge in [-0.25, -0.2) is 4.79 Å². The summed E-state index contributed by atoms with van der Waals surface area (Å²) < 4.78 is 41.8. The lowest BCUT2D eigenvalue weighted by atomic mass is 10.0. The van der Waals surface area contributed by atoms with Crippen molar-refractivity contribution in [3.63, 3.8) is 0 Å². The Labute approximate surface area is 204 Å². The van der Waals surface area contributed by atoms with E-state index in [-0.39, 0.29) is 22.3 Å². The van der Waals surface area contributed by atoms with Gasteiger partial charge >= 0.3 is 16.1 Å². The van der Waals surface area contributed by atoms with Crippen molar-refractivity contribution >= 4 is 22.0 Å². The zero-order valence-corrected chi connectivity index (χ0v) is 20.1. The monoisotopic (exact) mass is 495 g/mol. The number of carbonyl (C=O) groups excluding carboxylic acids is 2. The van der Waals surface area contributed by atoms with Crippen LogP contribution in [0.15, 0.2) is 71.6 Å². The van der Waals surface area contributed by atoms with Crippen molar-refractivity contribution in [2.75, 3.05) is 13.2 Å². The van der Waals surface area contributed by atoms with Gasteiger partial charge in [0.15, 0.2) is 12.4 Å². The molecule has 9 heteroatoms. The van der Waals surface area contributed by atoms with Crippen LogP contribution in [0.1, 0.15) is 39.5 Å². The molecule has 1 aliphatic heterocycles. The first-order chi connectivity index (χ1) is 16.7. The lowest BCUT2D eigenvalue weighted by Crippen LogP contribution is -2.35. The molecule has 35 heavy (non-hydrogen) atoms. The highest BCUT2D eigenvalue weighted by molar-refractivity contribution is 7.87. The highest BCUT2D eigenvalue weighted by Crippen LogP contribution is 2.31. The van der Waals surface area contributed by atoms with Gasteiger partial charge in [0.25, 0.3) is 5.91 Å². The average Bonchev–Trinajstić information content (AvgIpc) is 2.84. The molecule has 182 valence electrons. The van der Waals surface area contributed by atoms with Crippen LogP contribution in [0.5, 0.6) is 11.5 Å². The van der Waals surface area contributed by atoms with E-state index < -0.39 is 28.6 Å². The number of fused-ring (bicyclic) bond motifs is 1. The molecule has 3 aromatic carbocycles. The normalized spacial score (nSPS) is 14.9. The summed E-state index contributed by atoms with van der Waals surface area (Å²) >= 11 is 0. The van der Waals surface area contributed by atoms with Crippen LogP contribution in [0.4, 0.5) is 0 Å². The summed E-state index contributed by atoms with van der Waals surface area (Å²) in [5.41, 5.74) is 2.02. The van der Waals surface area contributed by atoms with Crippen LogP contribution < -0.4 is 14.2 Å². The molecular formula is C26H25NO7S. The number of esters is 1. The number of hydrogen-bond donors (Lipinski definition) is 1. The maximum atomic E-state index is 12.9. The number of benzene rings is 3. The maximum absolute atomic E-state index is 12.9. The molecule has 0 bridgehead atoms. The van der Waals surface area contributed by atoms with E-state index in [2.05, 4.69) is 5.32 Å². The third-order valence-electron chi connectivity index (χ3n) is 5.55. The number of carbonyl (C=O) groups is 2. The van der Waals surface area contributed by atoms with Crippen LogP contribution in [0.2, 0.25) is 0 Å². The summed E-state index contributed by atoms with van der Waals surface area (Å²) in [6.45, 7) is 3.36. The second kappa shape index (κ2) is 10.2. The first-order valence-corrected chi connectivity index (χ1v) is 12.4. The van der Waals surface area contributed by atoms with Gasteiger partial charge in [-0.05, 0) is 49.2 Å². The van der Waals surface area contributed by atoms with Gasteiger partial charge in [0, 0.05) is 12.0 Å². The molecule has 0 spiro atoms. The minimum Gasteiger partial charge on any atom is -0.493 e. The Balaban J connectivity index is 1.43. The van der Waals surface area contributed by atoms with Crippen LogP contribution >= 0.6 is 0 Å². The molecular weight excluding hydrogens is 470 g/mol. The number of amides is 1. The van der Waals surface area contributed by atoms with E-state index in [9.17, 15) is 18.0 Å². The number of nitrogens with one attached hydrogen (secondary N) is 1. The molecule has 1 heterocycles. The van der Waals surface area contributed by atoms with E-state index in [4.69, 9.17) is 13.7 Å². The molecule has 0 aromatic heterocycles. The van der Waals surface area contributed by atoms with Crippen LogP contribution in [0.3, 0.4) is 0 Å². The quantitative estimate of drug-likeness (QED) is 0.392. The molecule has 0 saturated heterocycles. The fourth-order valence-electron chi connectivity index (χ4n) is 3.78. The fourth-order valence-corrected chi connectivity index (χ4v) is 5.05. The average molecular weight is 496 g/mol. The maximum Gasteiger partial charge on any atom is 0.342 e. The number of para-hydroxylation sites is 2. The molecule has 0 aliphatic carbocycles. The Morgan fingerprint density at radius 3 is 2.60 bits per heavy atom. The SMILES string of the molecule is Cc1ccc(C)c(S(=O)(=O)Oc2ccccc2C(=O)OCC(=O)NC2CCOc3ccccc32)c1. The third kappa shape index (κ3) is 5.63. The predicted molar refractivity (Wildman–Crippen MR) is 128 cm³/mol. The second-order valence-corrected chi connectivity index (χ2v) is 9.69. The van der Waals surface area contributed by atoms with E-state index >= 15 is 0 Å². The topological polar surface area (TPSA) is 108 Å². The second-order valence-electron chi connectivity index (χ2n) is 8.17. The molecule has 8 nitrogen and oxygen atoms in total. The Morgan fingerprint density at radius 2 is 1.77 bits per heavy atom. The fraction of sp³-hybridized carbons (Fsp3) is 0.231. The molecule has 4 rings (SSSR count). The first-order valence-electron chi connectivity index (χ1n) is 11.0. The Kier molecular flexibility index (Phi) is 7.07. The largest absolute Gasteiger partial charge is 0.493 e. The lowest BCUT2D eigenvalue weighted by Gasteiger charge is -2.26. The number of rotatable bonds is 7. The molecule has 1 atom stereocenters. The van der Waals surface area contributed by atoms with Crippen LogP contribution in [-0.2, 0) is 19.6 Å². The van der Waals surface area contributed by atoms with Gasteiger partial charge in [-0.3, -0.25) is 4.79 Å². The highest BCUT2D eigenvalue weighted by Gasteiger charge is 2.25. The molecule has 1 N–H and O–H groups in total. The van der Waals surface area contributed by atoms with Gasteiger partial charge in [-0.1, -0.05) is 42.5 Å². The summed E-state index contributed by atoms with van der Waals surface area (Å²) in [5, 5.41) is 2.84. The minimum atomic E-state index is -4.20. The molecule has 1 amide bonds. The number of aryl methyl sites for hydroxylation is 2. The zero-order valence-electron chi connectivity index (χ0n) is 19.3. The third-order valence-corrected chi connectivity index (χ3v) is 6.93. The first kappa shape index (κ1) is 24.3. The molecule has 0 radical (unpaired) electrons. The Morgan fingerprint density at radius 1 is 1.03 bits per heavy atom. The van der Waals surface area contributed by atoms with Gasteiger partial charge in [0.2, 0.25) is 0 Å². The van der Waals surface area contributed by atoms with Crippen molar-refractivity contribution in [2.45, 2.75) is 31.2 Å². The molecule has 1 aliphatic rings. The summed E-state index contributed by atoms with van der Waals surface area (Å²) in [7, 11) is -4.20. The van der Waals surface area contributed by atoms with E-state index in [0.29, 0.717) is 24.3 Å². The van der Waals surface area contributed by atoms with Crippen molar-refractivity contribution in [2.24, 2.45) is 0 Å². The van der Waals surface area contributed by atoms with Crippen molar-refractivity contribution < 1.29 is 31.7 Å². The summed E-state index contributed by atoms with van der Waals surface area (Å²) in [4.78, 5) is 25.2. The molecule has 0 fully saturated rings. The Bertz CT molecular complexity index is 1370. The van der Waals surface area contributed by atoms with Gasteiger partial charge in [-0.15, -0.1) is 0 Å². The smallest absolute Gasteiger partial charge is 0.342 e. The summed E-state index contributed by atoms with van der Waals surface area (Å²) in [6.07, 6.45) is 0.587. The van der Waals surface area contributed by atoms with Gasteiger partial charge < -0.3 is 19.0 Å². The van der Waals surface area contributed by atoms with E-state index in [1.165, 1.54) is 18.2 Å². The van der Waals surface area contributed by atoms with Crippen molar-refractivity contribution in [3.8, 4) is 11.5 Å². The standard InChI is InChI=1S/C26H25NO7S/c1-17-11-12-18(2)24(15-17)35(30,31)34-23-10-6-4-8-20(23)26(29)33-16-25(28)27-21-13-14-32-22-9-5-3-7-19(21)22/h3-12,15,21H,13-14,16H2,1-2H3,(H,27,28). The van der Waals surface area contributed by atoms with E-state index in [1.807, 2.05) is 24.3 Å². The number of ether oxygens (including phenoxy) is 2. The molecule has 1 unspecified atom stereocenters. The summed E-state index contributed by atoms with van der Waals surface area (Å²) in [5.74, 6) is -0.838. The predicted octanol–water partition coefficient (Wildman–Crippen LogP) is 3.87. The van der Waals surface area contributed by atoms with Gasteiger partial charge in [0.05, 0.1) is 12.6 Å². The van der Waals surface area contributed by atoms with Crippen molar-refractivity contribution in [1.29, 1.82) is 0 Å². The lowest BCUT2D eigenvalue weighted by molar-refractivity contribution is -0.125.